The van der Waals surface area contributed by atoms with Gasteiger partial charge in [-0.25, -0.2) is 0 Å². The van der Waals surface area contributed by atoms with Gasteiger partial charge in [0.15, 0.2) is 0 Å². The van der Waals surface area contributed by atoms with E-state index < -0.39 is 0 Å². The maximum Gasteiger partial charge on any atom is 0.255 e. The molecule has 2 heterocycles. The molecule has 1 aliphatic heterocycles. The number of likely N-dealkylation sites (tertiary alicyclic amines) is 1. The zero-order chi connectivity index (χ0) is 21.6. The van der Waals surface area contributed by atoms with Gasteiger partial charge in [0.25, 0.3) is 5.91 Å². The Bertz CT molecular complexity index is 933. The van der Waals surface area contributed by atoms with E-state index in [1.165, 1.54) is 50.8 Å². The molecule has 5 rings (SSSR count). The highest BCUT2D eigenvalue weighted by Crippen LogP contribution is 2.42. The Morgan fingerprint density at radius 1 is 1.13 bits per heavy atom. The minimum atomic E-state index is -0.106. The monoisotopic (exact) mass is 421 g/mol. The van der Waals surface area contributed by atoms with Crippen molar-refractivity contribution in [2.75, 3.05) is 18.4 Å². The second-order valence-corrected chi connectivity index (χ2v) is 10.6. The Hall–Kier alpha value is -2.18. The first-order valence-corrected chi connectivity index (χ1v) is 11.8. The molecule has 31 heavy (non-hydrogen) atoms. The Balaban J connectivity index is 1.15. The van der Waals surface area contributed by atoms with Crippen molar-refractivity contribution in [1.82, 2.24) is 20.0 Å². The molecule has 1 saturated heterocycles. The molecule has 1 aromatic carbocycles. The van der Waals surface area contributed by atoms with Crippen LogP contribution in [0.3, 0.4) is 0 Å². The molecule has 3 fully saturated rings. The van der Waals surface area contributed by atoms with Gasteiger partial charge < -0.3 is 15.5 Å². The van der Waals surface area contributed by atoms with Gasteiger partial charge in [0.1, 0.15) is 0 Å². The van der Waals surface area contributed by atoms with E-state index in [0.29, 0.717) is 23.6 Å². The summed E-state index contributed by atoms with van der Waals surface area (Å²) in [6, 6.07) is 10.2. The zero-order valence-electron chi connectivity index (χ0n) is 19.0. The normalized spacial score (nSPS) is 24.9. The summed E-state index contributed by atoms with van der Waals surface area (Å²) in [5, 5.41) is 11.2. The summed E-state index contributed by atoms with van der Waals surface area (Å²) in [4.78, 5) is 15.5. The lowest BCUT2D eigenvalue weighted by Gasteiger charge is -2.32. The van der Waals surface area contributed by atoms with Crippen LogP contribution in [0.1, 0.15) is 74.7 Å². The molecule has 2 saturated carbocycles. The highest BCUT2D eigenvalue weighted by atomic mass is 16.1. The molecule has 0 unspecified atom stereocenters. The maximum absolute atomic E-state index is 12.8. The number of carbonyl (C=O) groups excluding carboxylic acids is 1. The summed E-state index contributed by atoms with van der Waals surface area (Å²) < 4.78 is 1.87. The molecule has 1 aromatic heterocycles. The Kier molecular flexibility index (Phi) is 5.39. The van der Waals surface area contributed by atoms with Crippen LogP contribution in [0.25, 0.3) is 0 Å². The molecule has 0 spiro atoms. The number of anilines is 1. The number of benzene rings is 1. The molecule has 6 heteroatoms. The molecule has 6 nitrogen and oxygen atoms in total. The van der Waals surface area contributed by atoms with Gasteiger partial charge >= 0.3 is 0 Å². The van der Waals surface area contributed by atoms with Crippen molar-refractivity contribution in [3.8, 4) is 0 Å². The number of hydrogen-bond acceptors (Lipinski definition) is 4. The number of nitrogens with zero attached hydrogens (tertiary/aromatic N) is 3. The van der Waals surface area contributed by atoms with Crippen LogP contribution in [0.4, 0.5) is 5.69 Å². The summed E-state index contributed by atoms with van der Waals surface area (Å²) in [5.41, 5.74) is 2.61. The summed E-state index contributed by atoms with van der Waals surface area (Å²) >= 11 is 0. The van der Waals surface area contributed by atoms with E-state index in [1.807, 2.05) is 23.0 Å². The molecular weight excluding hydrogens is 386 g/mol. The number of rotatable bonds is 6. The Morgan fingerprint density at radius 2 is 1.90 bits per heavy atom. The predicted molar refractivity (Wildman–Crippen MR) is 124 cm³/mol. The van der Waals surface area contributed by atoms with Crippen molar-refractivity contribution in [3.63, 3.8) is 0 Å². The number of aromatic nitrogens is 2. The lowest BCUT2D eigenvalue weighted by molar-refractivity contribution is 0.102. The van der Waals surface area contributed by atoms with Crippen molar-refractivity contribution in [1.29, 1.82) is 0 Å². The summed E-state index contributed by atoms with van der Waals surface area (Å²) in [6.45, 7) is 8.77. The molecule has 2 N–H and O–H groups in total. The quantitative estimate of drug-likeness (QED) is 0.741. The third kappa shape index (κ3) is 4.85. The molecule has 2 atom stereocenters. The first kappa shape index (κ1) is 20.7. The molecule has 3 aliphatic rings. The predicted octanol–water partition coefficient (Wildman–Crippen LogP) is 3.96. The third-order valence-corrected chi connectivity index (χ3v) is 6.94. The van der Waals surface area contributed by atoms with E-state index in [0.717, 1.165) is 11.7 Å². The maximum atomic E-state index is 12.8. The number of nitrogens with one attached hydrogen (secondary N) is 2. The summed E-state index contributed by atoms with van der Waals surface area (Å²) in [5.74, 6) is 0.450. The SMILES string of the molecule is CC(C)(C)n1cc(NC(=O)c2cccc([C@@H]3C[C@H]3NC3CCN(C4CC4)CC3)c2)cn1. The summed E-state index contributed by atoms with van der Waals surface area (Å²) in [7, 11) is 0. The highest BCUT2D eigenvalue weighted by molar-refractivity contribution is 6.04. The fourth-order valence-electron chi connectivity index (χ4n) is 4.79. The average molecular weight is 422 g/mol. The van der Waals surface area contributed by atoms with Crippen molar-refractivity contribution in [3.05, 3.63) is 47.8 Å². The summed E-state index contributed by atoms with van der Waals surface area (Å²) in [6.07, 6.45) is 10.1. The topological polar surface area (TPSA) is 62.2 Å². The van der Waals surface area contributed by atoms with Gasteiger partial charge in [-0.1, -0.05) is 12.1 Å². The molecule has 0 radical (unpaired) electrons. The van der Waals surface area contributed by atoms with E-state index >= 15 is 0 Å². The second-order valence-electron chi connectivity index (χ2n) is 10.6. The van der Waals surface area contributed by atoms with E-state index in [4.69, 9.17) is 0 Å². The van der Waals surface area contributed by atoms with Crippen LogP contribution in [0.5, 0.6) is 0 Å². The van der Waals surface area contributed by atoms with E-state index in [2.05, 4.69) is 53.5 Å². The number of amides is 1. The standard InChI is InChI=1S/C25H35N5O/c1-25(2,3)30-16-20(15-26-30)28-24(31)18-6-4-5-17(13-18)22-14-23(22)27-19-9-11-29(12-10-19)21-7-8-21/h4-6,13,15-16,19,21-23,27H,7-12,14H2,1-3H3,(H,28,31)/t22-,23+/m0/s1. The van der Waals surface area contributed by atoms with Crippen LogP contribution in [0.15, 0.2) is 36.7 Å². The molecule has 166 valence electrons. The Morgan fingerprint density at radius 3 is 2.58 bits per heavy atom. The third-order valence-electron chi connectivity index (χ3n) is 6.94. The smallest absolute Gasteiger partial charge is 0.255 e. The van der Waals surface area contributed by atoms with Gasteiger partial charge in [-0.05, 0) is 83.7 Å². The molecule has 2 aromatic rings. The van der Waals surface area contributed by atoms with Crippen molar-refractivity contribution >= 4 is 11.6 Å². The first-order chi connectivity index (χ1) is 14.9. The van der Waals surface area contributed by atoms with Gasteiger partial charge in [0.05, 0.1) is 17.4 Å². The lowest BCUT2D eigenvalue weighted by Crippen LogP contribution is -2.44. The van der Waals surface area contributed by atoms with E-state index in [9.17, 15) is 4.79 Å². The van der Waals surface area contributed by atoms with Gasteiger partial charge in [0, 0.05) is 35.8 Å². The van der Waals surface area contributed by atoms with Gasteiger partial charge in [-0.2, -0.15) is 5.10 Å². The molecule has 0 bridgehead atoms. The second kappa shape index (κ2) is 8.06. The van der Waals surface area contributed by atoms with Gasteiger partial charge in [-0.3, -0.25) is 9.48 Å². The Labute approximate surface area is 185 Å². The van der Waals surface area contributed by atoms with Gasteiger partial charge in [-0.15, -0.1) is 0 Å². The highest BCUT2D eigenvalue weighted by Gasteiger charge is 2.40. The zero-order valence-corrected chi connectivity index (χ0v) is 19.0. The number of hydrogen-bond donors (Lipinski definition) is 2. The lowest BCUT2D eigenvalue weighted by atomic mass is 10.0. The number of carbonyl (C=O) groups is 1. The average Bonchev–Trinajstić information content (AvgIpc) is 3.67. The fourth-order valence-corrected chi connectivity index (χ4v) is 4.79. The van der Waals surface area contributed by atoms with Gasteiger partial charge in [0.2, 0.25) is 0 Å². The minimum Gasteiger partial charge on any atom is -0.319 e. The number of piperidine rings is 1. The molecule has 2 aliphatic carbocycles. The van der Waals surface area contributed by atoms with Crippen LogP contribution in [0.2, 0.25) is 0 Å². The van der Waals surface area contributed by atoms with Crippen LogP contribution >= 0.6 is 0 Å². The van der Waals surface area contributed by atoms with Crippen LogP contribution < -0.4 is 10.6 Å². The van der Waals surface area contributed by atoms with E-state index in [-0.39, 0.29) is 11.4 Å². The molecule has 1 amide bonds. The van der Waals surface area contributed by atoms with Crippen molar-refractivity contribution in [2.24, 2.45) is 0 Å². The molecular formula is C25H35N5O. The van der Waals surface area contributed by atoms with E-state index in [1.54, 1.807) is 6.20 Å². The first-order valence-electron chi connectivity index (χ1n) is 11.8. The van der Waals surface area contributed by atoms with Crippen molar-refractivity contribution in [2.45, 2.75) is 82.5 Å². The van der Waals surface area contributed by atoms with Crippen LogP contribution in [-0.2, 0) is 5.54 Å². The fraction of sp³-hybridized carbons (Fsp3) is 0.600. The van der Waals surface area contributed by atoms with Crippen molar-refractivity contribution < 1.29 is 4.79 Å². The van der Waals surface area contributed by atoms with Crippen LogP contribution in [0, 0.1) is 0 Å². The van der Waals surface area contributed by atoms with Crippen LogP contribution in [-0.4, -0.2) is 51.8 Å². The minimum absolute atomic E-state index is 0.0760. The largest absolute Gasteiger partial charge is 0.319 e.